The van der Waals surface area contributed by atoms with Gasteiger partial charge in [0.1, 0.15) is 6.10 Å². The first-order valence-electron chi connectivity index (χ1n) is 5.69. The predicted molar refractivity (Wildman–Crippen MR) is 54.0 cm³/mol. The second-order valence-electron chi connectivity index (χ2n) is 4.47. The average molecular weight is 197 g/mol. The van der Waals surface area contributed by atoms with Crippen molar-refractivity contribution in [2.75, 3.05) is 19.6 Å². The molecule has 14 heavy (non-hydrogen) atoms. The van der Waals surface area contributed by atoms with Gasteiger partial charge in [-0.05, 0) is 31.7 Å². The van der Waals surface area contributed by atoms with Crippen LogP contribution in [0.25, 0.3) is 0 Å². The van der Waals surface area contributed by atoms with E-state index in [1.807, 2.05) is 6.92 Å². The summed E-state index contributed by atoms with van der Waals surface area (Å²) in [6.45, 7) is 5.23. The molecule has 0 aromatic heterocycles. The third-order valence-corrected chi connectivity index (χ3v) is 3.25. The zero-order chi connectivity index (χ0) is 9.97. The lowest BCUT2D eigenvalue weighted by molar-refractivity contribution is -0.153. The first-order valence-corrected chi connectivity index (χ1v) is 5.69. The quantitative estimate of drug-likeness (QED) is 0.627. The Morgan fingerprint density at radius 1 is 1.50 bits per heavy atom. The zero-order valence-corrected chi connectivity index (χ0v) is 8.87. The van der Waals surface area contributed by atoms with Crippen LogP contribution in [0.4, 0.5) is 0 Å². The Balaban J connectivity index is 1.86. The number of hydrogen-bond acceptors (Lipinski definition) is 3. The first-order chi connectivity index (χ1) is 6.78. The Bertz CT molecular complexity index is 205. The summed E-state index contributed by atoms with van der Waals surface area (Å²) in [5.41, 5.74) is 0. The maximum Gasteiger partial charge on any atom is 0.305 e. The van der Waals surface area contributed by atoms with Crippen molar-refractivity contribution in [2.45, 2.75) is 38.7 Å². The lowest BCUT2D eigenvalue weighted by Gasteiger charge is -2.41. The molecule has 3 atom stereocenters. The molecule has 2 rings (SSSR count). The normalized spacial score (nSPS) is 36.5. The van der Waals surface area contributed by atoms with Crippen LogP contribution in [0.5, 0.6) is 0 Å². The number of esters is 1. The summed E-state index contributed by atoms with van der Waals surface area (Å²) in [5.74, 6) is 0.725. The molecule has 0 radical (unpaired) electrons. The van der Waals surface area contributed by atoms with Crippen LogP contribution in [0.15, 0.2) is 0 Å². The van der Waals surface area contributed by atoms with Crippen LogP contribution >= 0.6 is 0 Å². The van der Waals surface area contributed by atoms with Crippen molar-refractivity contribution in [3.05, 3.63) is 0 Å². The van der Waals surface area contributed by atoms with E-state index in [1.165, 1.54) is 25.9 Å². The monoisotopic (exact) mass is 197 g/mol. The number of nitrogens with zero attached hydrogens (tertiary/aromatic N) is 1. The van der Waals surface area contributed by atoms with Crippen LogP contribution in [-0.4, -0.2) is 36.6 Å². The van der Waals surface area contributed by atoms with Gasteiger partial charge in [0.15, 0.2) is 0 Å². The Morgan fingerprint density at radius 3 is 3.07 bits per heavy atom. The molecule has 0 spiro atoms. The number of piperidine rings is 2. The summed E-state index contributed by atoms with van der Waals surface area (Å²) in [4.78, 5) is 13.6. The van der Waals surface area contributed by atoms with Gasteiger partial charge in [-0.25, -0.2) is 0 Å². The van der Waals surface area contributed by atoms with Crippen molar-refractivity contribution in [3.63, 3.8) is 0 Å². The molecule has 3 unspecified atom stereocenters. The molecule has 2 aliphatic rings. The van der Waals surface area contributed by atoms with E-state index in [4.69, 9.17) is 4.74 Å². The number of carbonyl (C=O) groups excluding carboxylic acids is 1. The van der Waals surface area contributed by atoms with Gasteiger partial charge >= 0.3 is 5.97 Å². The van der Waals surface area contributed by atoms with Gasteiger partial charge in [-0.3, -0.25) is 9.69 Å². The van der Waals surface area contributed by atoms with Crippen molar-refractivity contribution in [1.82, 2.24) is 4.90 Å². The standard InChI is InChI=1S/C11H19NO2/c1-2-11(13)14-10-6-9-4-3-5-12(7-9)8-10/h9-10H,2-8H2,1H3. The third kappa shape index (κ3) is 2.27. The van der Waals surface area contributed by atoms with Crippen molar-refractivity contribution in [2.24, 2.45) is 5.92 Å². The molecule has 2 bridgehead atoms. The molecule has 2 heterocycles. The molecule has 2 saturated heterocycles. The molecular weight excluding hydrogens is 178 g/mol. The van der Waals surface area contributed by atoms with Gasteiger partial charge in [0.2, 0.25) is 0 Å². The van der Waals surface area contributed by atoms with Crippen LogP contribution in [0.1, 0.15) is 32.6 Å². The minimum Gasteiger partial charge on any atom is -0.461 e. The summed E-state index contributed by atoms with van der Waals surface area (Å²) in [5, 5.41) is 0. The minimum absolute atomic E-state index is 0.0452. The van der Waals surface area contributed by atoms with E-state index in [9.17, 15) is 4.79 Å². The maximum atomic E-state index is 11.2. The third-order valence-electron chi connectivity index (χ3n) is 3.25. The highest BCUT2D eigenvalue weighted by molar-refractivity contribution is 5.69. The van der Waals surface area contributed by atoms with Gasteiger partial charge in [0.05, 0.1) is 0 Å². The van der Waals surface area contributed by atoms with Crippen molar-refractivity contribution in [1.29, 1.82) is 0 Å². The highest BCUT2D eigenvalue weighted by Crippen LogP contribution is 2.27. The van der Waals surface area contributed by atoms with Gasteiger partial charge in [0, 0.05) is 19.5 Å². The summed E-state index contributed by atoms with van der Waals surface area (Å²) in [7, 11) is 0. The van der Waals surface area contributed by atoms with E-state index in [2.05, 4.69) is 4.90 Å². The number of hydrogen-bond donors (Lipinski definition) is 0. The summed E-state index contributed by atoms with van der Waals surface area (Å²) in [6.07, 6.45) is 4.39. The summed E-state index contributed by atoms with van der Waals surface area (Å²) < 4.78 is 5.40. The molecule has 3 heteroatoms. The van der Waals surface area contributed by atoms with Crippen molar-refractivity contribution in [3.8, 4) is 0 Å². The molecule has 80 valence electrons. The smallest absolute Gasteiger partial charge is 0.305 e. The molecule has 2 fully saturated rings. The highest BCUT2D eigenvalue weighted by atomic mass is 16.5. The second-order valence-corrected chi connectivity index (χ2v) is 4.47. The van der Waals surface area contributed by atoms with Crippen LogP contribution in [0.2, 0.25) is 0 Å². The number of ether oxygens (including phenoxy) is 1. The molecule has 0 aromatic rings. The van der Waals surface area contributed by atoms with Crippen molar-refractivity contribution >= 4 is 5.97 Å². The average Bonchev–Trinajstić information content (AvgIpc) is 2.17. The first kappa shape index (κ1) is 9.97. The molecule has 0 N–H and O–H groups in total. The Hall–Kier alpha value is -0.570. The Morgan fingerprint density at radius 2 is 2.36 bits per heavy atom. The van der Waals surface area contributed by atoms with Crippen LogP contribution in [0, 0.1) is 5.92 Å². The van der Waals surface area contributed by atoms with Crippen LogP contribution < -0.4 is 0 Å². The Kier molecular flexibility index (Phi) is 3.06. The fourth-order valence-corrected chi connectivity index (χ4v) is 2.60. The molecule has 0 aliphatic carbocycles. The van der Waals surface area contributed by atoms with E-state index in [-0.39, 0.29) is 12.1 Å². The van der Waals surface area contributed by atoms with E-state index in [1.54, 1.807) is 0 Å². The van der Waals surface area contributed by atoms with E-state index in [0.717, 1.165) is 18.9 Å². The van der Waals surface area contributed by atoms with E-state index >= 15 is 0 Å². The van der Waals surface area contributed by atoms with E-state index < -0.39 is 0 Å². The van der Waals surface area contributed by atoms with Crippen LogP contribution in [-0.2, 0) is 9.53 Å². The fourth-order valence-electron chi connectivity index (χ4n) is 2.60. The van der Waals surface area contributed by atoms with Gasteiger partial charge < -0.3 is 4.74 Å². The van der Waals surface area contributed by atoms with E-state index in [0.29, 0.717) is 6.42 Å². The van der Waals surface area contributed by atoms with Gasteiger partial charge in [-0.15, -0.1) is 0 Å². The molecule has 3 nitrogen and oxygen atoms in total. The topological polar surface area (TPSA) is 29.5 Å². The molecule has 0 amide bonds. The molecular formula is C11H19NO2. The SMILES string of the molecule is CCC(=O)OC1CC2CCCN(C2)C1. The molecule has 2 aliphatic heterocycles. The van der Waals surface area contributed by atoms with Crippen LogP contribution in [0.3, 0.4) is 0 Å². The van der Waals surface area contributed by atoms with Gasteiger partial charge in [0.25, 0.3) is 0 Å². The van der Waals surface area contributed by atoms with Crippen molar-refractivity contribution < 1.29 is 9.53 Å². The van der Waals surface area contributed by atoms with Gasteiger partial charge in [-0.1, -0.05) is 6.92 Å². The predicted octanol–water partition coefficient (Wildman–Crippen LogP) is 1.42. The van der Waals surface area contributed by atoms with Gasteiger partial charge in [-0.2, -0.15) is 0 Å². The molecule has 0 saturated carbocycles. The summed E-state index contributed by atoms with van der Waals surface area (Å²) >= 11 is 0. The Labute approximate surface area is 85.4 Å². The highest BCUT2D eigenvalue weighted by Gasteiger charge is 2.31. The number of rotatable bonds is 2. The number of fused-ring (bicyclic) bond motifs is 2. The lowest BCUT2D eigenvalue weighted by atomic mass is 9.88. The largest absolute Gasteiger partial charge is 0.461 e. The molecule has 0 aromatic carbocycles. The number of carbonyl (C=O) groups is 1. The minimum atomic E-state index is -0.0452. The lowest BCUT2D eigenvalue weighted by Crippen LogP contribution is -2.48. The second kappa shape index (κ2) is 4.30. The maximum absolute atomic E-state index is 11.2. The zero-order valence-electron chi connectivity index (χ0n) is 8.87. The summed E-state index contributed by atoms with van der Waals surface area (Å²) in [6, 6.07) is 0. The fraction of sp³-hybridized carbons (Fsp3) is 0.909.